The number of amides is 1. The number of ether oxygens (including phenoxy) is 2. The van der Waals surface area contributed by atoms with Crippen molar-refractivity contribution in [3.05, 3.63) is 77.6 Å². The molecule has 6 nitrogen and oxygen atoms in total. The lowest BCUT2D eigenvalue weighted by atomic mass is 9.88. The topological polar surface area (TPSA) is 67.5 Å². The third-order valence-corrected chi connectivity index (χ3v) is 7.38. The minimum Gasteiger partial charge on any atom is -0.493 e. The molecule has 1 saturated heterocycles. The largest absolute Gasteiger partial charge is 0.493 e. The van der Waals surface area contributed by atoms with E-state index in [1.165, 1.54) is 14.2 Å². The van der Waals surface area contributed by atoms with E-state index in [1.807, 2.05) is 35.2 Å². The molecule has 204 valence electrons. The molecule has 5 rings (SSSR count). The van der Waals surface area contributed by atoms with E-state index in [9.17, 15) is 18.0 Å². The highest BCUT2D eigenvalue weighted by molar-refractivity contribution is 5.92. The molecule has 2 aromatic heterocycles. The van der Waals surface area contributed by atoms with Crippen molar-refractivity contribution in [1.29, 1.82) is 0 Å². The summed E-state index contributed by atoms with van der Waals surface area (Å²) in [7, 11) is 3.01. The summed E-state index contributed by atoms with van der Waals surface area (Å²) in [5.41, 5.74) is 3.72. The fourth-order valence-corrected chi connectivity index (χ4v) is 5.39. The van der Waals surface area contributed by atoms with Gasteiger partial charge in [0.05, 0.1) is 32.8 Å². The van der Waals surface area contributed by atoms with E-state index in [-0.39, 0.29) is 17.4 Å². The van der Waals surface area contributed by atoms with Crippen LogP contribution in [0, 0.1) is 0 Å². The Bertz CT molecular complexity index is 1460. The van der Waals surface area contributed by atoms with Crippen LogP contribution in [0.15, 0.2) is 60.9 Å². The Morgan fingerprint density at radius 2 is 1.82 bits per heavy atom. The molecule has 0 spiro atoms. The van der Waals surface area contributed by atoms with Crippen molar-refractivity contribution in [2.45, 2.75) is 37.8 Å². The lowest BCUT2D eigenvalue weighted by Gasteiger charge is -2.32. The summed E-state index contributed by atoms with van der Waals surface area (Å²) in [6.45, 7) is 1.22. The smallest absolute Gasteiger partial charge is 0.393 e. The van der Waals surface area contributed by atoms with E-state index in [1.54, 1.807) is 30.6 Å². The maximum atomic E-state index is 13.7. The van der Waals surface area contributed by atoms with Crippen LogP contribution in [-0.4, -0.2) is 54.3 Å². The van der Waals surface area contributed by atoms with Crippen molar-refractivity contribution in [1.82, 2.24) is 14.9 Å². The number of piperidine rings is 1. The molecular weight excluding hydrogens is 507 g/mol. The maximum Gasteiger partial charge on any atom is 0.393 e. The predicted octanol–water partition coefficient (Wildman–Crippen LogP) is 6.30. The molecule has 0 unspecified atom stereocenters. The number of carbonyl (C=O) groups is 1. The van der Waals surface area contributed by atoms with E-state index < -0.39 is 12.6 Å². The molecule has 0 radical (unpaired) electrons. The highest BCUT2D eigenvalue weighted by atomic mass is 19.4. The average molecular weight is 538 g/mol. The number of benzene rings is 2. The number of nitrogens with zero attached hydrogens (tertiary/aromatic N) is 2. The number of carbonyl (C=O) groups excluding carboxylic acids is 1. The van der Waals surface area contributed by atoms with Crippen LogP contribution < -0.4 is 9.47 Å². The Balaban J connectivity index is 1.41. The number of pyridine rings is 1. The lowest BCUT2D eigenvalue weighted by Crippen LogP contribution is -2.38. The average Bonchev–Trinajstić information content (AvgIpc) is 3.29. The number of alkyl halides is 3. The number of halogens is 3. The molecule has 1 amide bonds. The van der Waals surface area contributed by atoms with Crippen molar-refractivity contribution in [3.63, 3.8) is 0 Å². The van der Waals surface area contributed by atoms with Crippen LogP contribution in [0.4, 0.5) is 13.2 Å². The normalized spacial score (nSPS) is 14.5. The van der Waals surface area contributed by atoms with E-state index in [0.29, 0.717) is 53.2 Å². The molecule has 1 fully saturated rings. The fourth-order valence-electron chi connectivity index (χ4n) is 5.39. The van der Waals surface area contributed by atoms with Crippen molar-refractivity contribution >= 4 is 16.8 Å². The number of hydrogen-bond acceptors (Lipinski definition) is 4. The van der Waals surface area contributed by atoms with Gasteiger partial charge < -0.3 is 19.4 Å². The van der Waals surface area contributed by atoms with Gasteiger partial charge in [-0.1, -0.05) is 12.1 Å². The first-order valence-electron chi connectivity index (χ1n) is 12.9. The van der Waals surface area contributed by atoms with Gasteiger partial charge >= 0.3 is 6.18 Å². The molecule has 0 atom stereocenters. The van der Waals surface area contributed by atoms with Gasteiger partial charge in [0.2, 0.25) is 5.91 Å². The summed E-state index contributed by atoms with van der Waals surface area (Å²) in [5, 5.41) is 0.560. The van der Waals surface area contributed by atoms with Crippen LogP contribution in [0.25, 0.3) is 22.2 Å². The molecule has 0 aliphatic carbocycles. The number of hydrogen-bond donors (Lipinski definition) is 1. The Morgan fingerprint density at radius 1 is 1.05 bits per heavy atom. The van der Waals surface area contributed by atoms with Gasteiger partial charge in [-0.05, 0) is 71.8 Å². The zero-order valence-electron chi connectivity index (χ0n) is 21.8. The molecular formula is C30H30F3N3O3. The highest BCUT2D eigenvalue weighted by Gasteiger charge is 2.32. The fraction of sp³-hybridized carbons (Fsp3) is 0.333. The van der Waals surface area contributed by atoms with Gasteiger partial charge in [-0.25, -0.2) is 0 Å². The zero-order chi connectivity index (χ0) is 27.6. The van der Waals surface area contributed by atoms with Gasteiger partial charge in [-0.2, -0.15) is 13.2 Å². The molecule has 0 bridgehead atoms. The zero-order valence-corrected chi connectivity index (χ0v) is 21.8. The summed E-state index contributed by atoms with van der Waals surface area (Å²) in [5.74, 6) is 1.17. The van der Waals surface area contributed by atoms with Gasteiger partial charge in [-0.15, -0.1) is 0 Å². The summed E-state index contributed by atoms with van der Waals surface area (Å²) in [6, 6.07) is 14.5. The van der Waals surface area contributed by atoms with Gasteiger partial charge in [-0.3, -0.25) is 9.78 Å². The standard InChI is InChI=1S/C30H30F3N3O3/c1-38-26-8-6-22(16-27(26)39-2)29-24(17-30(31,32)33)23-15-21(5-7-25(23)35-29)20-9-12-36(13-10-20)28(37)14-19-4-3-11-34-18-19/h3-8,11,15-16,18,20,35H,9-10,12-14,17H2,1-2H3. The summed E-state index contributed by atoms with van der Waals surface area (Å²) < 4.78 is 51.9. The van der Waals surface area contributed by atoms with Crippen LogP contribution in [-0.2, 0) is 17.6 Å². The minimum atomic E-state index is -4.38. The number of aromatic amines is 1. The Kier molecular flexibility index (Phi) is 7.50. The number of aromatic nitrogens is 2. The number of methoxy groups -OCH3 is 2. The molecule has 9 heteroatoms. The number of fused-ring (bicyclic) bond motifs is 1. The molecule has 4 aromatic rings. The van der Waals surface area contributed by atoms with Crippen LogP contribution in [0.2, 0.25) is 0 Å². The maximum absolute atomic E-state index is 13.7. The predicted molar refractivity (Wildman–Crippen MR) is 143 cm³/mol. The number of likely N-dealkylation sites (tertiary alicyclic amines) is 1. The van der Waals surface area contributed by atoms with Crippen LogP contribution in [0.5, 0.6) is 11.5 Å². The first-order chi connectivity index (χ1) is 18.8. The van der Waals surface area contributed by atoms with Crippen molar-refractivity contribution < 1.29 is 27.4 Å². The molecule has 2 aromatic carbocycles. The molecule has 1 aliphatic heterocycles. The van der Waals surface area contributed by atoms with Crippen molar-refractivity contribution in [2.24, 2.45) is 0 Å². The Hall–Kier alpha value is -4.01. The Labute approximate surface area is 224 Å². The van der Waals surface area contributed by atoms with E-state index in [4.69, 9.17) is 9.47 Å². The van der Waals surface area contributed by atoms with Gasteiger partial charge in [0.25, 0.3) is 0 Å². The SMILES string of the molecule is COc1ccc(-c2[nH]c3ccc(C4CCN(C(=O)Cc5cccnc5)CC4)cc3c2CC(F)(F)F)cc1OC. The number of rotatable bonds is 7. The van der Waals surface area contributed by atoms with E-state index in [0.717, 1.165) is 24.0 Å². The minimum absolute atomic E-state index is 0.0644. The first-order valence-corrected chi connectivity index (χ1v) is 12.9. The van der Waals surface area contributed by atoms with Crippen molar-refractivity contribution in [3.8, 4) is 22.8 Å². The molecule has 1 N–H and O–H groups in total. The highest BCUT2D eigenvalue weighted by Crippen LogP contribution is 2.40. The second-order valence-electron chi connectivity index (χ2n) is 9.84. The van der Waals surface area contributed by atoms with Crippen LogP contribution in [0.1, 0.15) is 35.4 Å². The quantitative estimate of drug-likeness (QED) is 0.301. The second-order valence-corrected chi connectivity index (χ2v) is 9.84. The van der Waals surface area contributed by atoms with E-state index >= 15 is 0 Å². The van der Waals surface area contributed by atoms with Crippen LogP contribution in [0.3, 0.4) is 0 Å². The molecule has 39 heavy (non-hydrogen) atoms. The monoisotopic (exact) mass is 537 g/mol. The molecule has 0 saturated carbocycles. The van der Waals surface area contributed by atoms with E-state index in [2.05, 4.69) is 9.97 Å². The Morgan fingerprint density at radius 3 is 2.49 bits per heavy atom. The summed E-state index contributed by atoms with van der Waals surface area (Å²) in [6.07, 6.45) is -0.230. The second kappa shape index (κ2) is 11.0. The summed E-state index contributed by atoms with van der Waals surface area (Å²) >= 11 is 0. The lowest BCUT2D eigenvalue weighted by molar-refractivity contribution is -0.131. The third kappa shape index (κ3) is 5.87. The number of nitrogens with one attached hydrogen (secondary N) is 1. The first kappa shape index (κ1) is 26.6. The van der Waals surface area contributed by atoms with Gasteiger partial charge in [0.15, 0.2) is 11.5 Å². The van der Waals surface area contributed by atoms with Gasteiger partial charge in [0.1, 0.15) is 0 Å². The summed E-state index contributed by atoms with van der Waals surface area (Å²) in [4.78, 5) is 21.9. The molecule has 3 heterocycles. The van der Waals surface area contributed by atoms with Crippen molar-refractivity contribution in [2.75, 3.05) is 27.3 Å². The number of H-pyrrole nitrogens is 1. The van der Waals surface area contributed by atoms with Crippen LogP contribution >= 0.6 is 0 Å². The molecule has 1 aliphatic rings. The third-order valence-electron chi connectivity index (χ3n) is 7.38. The van der Waals surface area contributed by atoms with Gasteiger partial charge in [0, 0.05) is 41.9 Å².